The summed E-state index contributed by atoms with van der Waals surface area (Å²) in [6.07, 6.45) is 0.664. The molecule has 0 aliphatic rings. The molecule has 0 aliphatic heterocycles. The molecule has 0 unspecified atom stereocenters. The summed E-state index contributed by atoms with van der Waals surface area (Å²) in [4.78, 5) is 0. The van der Waals surface area contributed by atoms with Gasteiger partial charge in [0.1, 0.15) is 0 Å². The van der Waals surface area contributed by atoms with Crippen molar-refractivity contribution in [3.8, 4) is 0 Å². The largest absolute Gasteiger partial charge is 0.215 e. The monoisotopic (exact) mass is 221 g/mol. The fourth-order valence-electron chi connectivity index (χ4n) is 0.841. The maximum Gasteiger partial charge on any atom is 0.211 e. The van der Waals surface area contributed by atoms with Crippen molar-refractivity contribution in [3.05, 3.63) is 0 Å². The van der Waals surface area contributed by atoms with E-state index >= 15 is 0 Å². The van der Waals surface area contributed by atoms with Crippen LogP contribution in [0.25, 0.3) is 0 Å². The Hall–Kier alpha value is -0.0900. The molecule has 0 atom stereocenters. The molecule has 0 heterocycles. The molecule has 0 radical (unpaired) electrons. The Morgan fingerprint density at radius 1 is 1.29 bits per heavy atom. The van der Waals surface area contributed by atoms with Crippen LogP contribution in [0.3, 0.4) is 0 Å². The quantitative estimate of drug-likeness (QED) is 0.745. The molecule has 0 bridgehead atoms. The van der Waals surface area contributed by atoms with Gasteiger partial charge in [0.25, 0.3) is 0 Å². The van der Waals surface area contributed by atoms with E-state index in [1.807, 2.05) is 6.92 Å². The minimum Gasteiger partial charge on any atom is -0.215 e. The lowest BCUT2D eigenvalue weighted by Gasteiger charge is -2.29. The maximum absolute atomic E-state index is 11.4. The fourth-order valence-corrected chi connectivity index (χ4v) is 2.11. The molecule has 0 aromatic carbocycles. The van der Waals surface area contributed by atoms with Crippen molar-refractivity contribution >= 4 is 10.0 Å². The van der Waals surface area contributed by atoms with E-state index in [0.717, 1.165) is 0 Å². The number of hydrogen-bond donors (Lipinski definition) is 1. The molecular weight excluding hydrogens is 198 g/mol. The van der Waals surface area contributed by atoms with Gasteiger partial charge in [-0.3, -0.25) is 0 Å². The smallest absolute Gasteiger partial charge is 0.211 e. The summed E-state index contributed by atoms with van der Waals surface area (Å²) in [5.41, 5.74) is 0.0147. The molecule has 0 saturated carbocycles. The van der Waals surface area contributed by atoms with Crippen LogP contribution in [0, 0.1) is 11.3 Å². The van der Waals surface area contributed by atoms with E-state index < -0.39 is 10.0 Å². The molecule has 86 valence electrons. The van der Waals surface area contributed by atoms with E-state index in [2.05, 4.69) is 32.4 Å². The van der Waals surface area contributed by atoms with Crippen molar-refractivity contribution < 1.29 is 8.42 Å². The molecule has 0 amide bonds. The van der Waals surface area contributed by atoms with Crippen molar-refractivity contribution in [1.82, 2.24) is 4.72 Å². The summed E-state index contributed by atoms with van der Waals surface area (Å²) >= 11 is 0. The Labute approximate surface area is 88.3 Å². The third-order valence-electron chi connectivity index (χ3n) is 2.78. The van der Waals surface area contributed by atoms with Gasteiger partial charge in [0.15, 0.2) is 0 Å². The SMILES string of the molecule is CCCS(=O)(=O)NCC(C)(C)C(C)C. The first-order chi connectivity index (χ1) is 6.21. The summed E-state index contributed by atoms with van der Waals surface area (Å²) in [5.74, 6) is 0.688. The maximum atomic E-state index is 11.4. The number of hydrogen-bond acceptors (Lipinski definition) is 2. The third kappa shape index (κ3) is 4.96. The number of nitrogens with one attached hydrogen (secondary N) is 1. The van der Waals surface area contributed by atoms with Gasteiger partial charge in [0.2, 0.25) is 10.0 Å². The van der Waals surface area contributed by atoms with Gasteiger partial charge in [0.05, 0.1) is 5.75 Å². The molecule has 0 aromatic heterocycles. The van der Waals surface area contributed by atoms with Crippen LogP contribution in [-0.4, -0.2) is 20.7 Å². The number of rotatable bonds is 6. The number of sulfonamides is 1. The van der Waals surface area contributed by atoms with Crippen LogP contribution >= 0.6 is 0 Å². The summed E-state index contributed by atoms with van der Waals surface area (Å²) < 4.78 is 25.4. The van der Waals surface area contributed by atoms with Crippen LogP contribution in [0.4, 0.5) is 0 Å². The highest BCUT2D eigenvalue weighted by atomic mass is 32.2. The van der Waals surface area contributed by atoms with E-state index in [4.69, 9.17) is 0 Å². The first-order valence-corrected chi connectivity index (χ1v) is 6.84. The molecule has 0 saturated heterocycles. The standard InChI is InChI=1S/C10H23NO2S/c1-6-7-14(12,13)11-8-10(4,5)9(2)3/h9,11H,6-8H2,1-5H3. The first kappa shape index (κ1) is 13.9. The summed E-state index contributed by atoms with van der Waals surface area (Å²) in [6.45, 7) is 10.8. The van der Waals surface area contributed by atoms with Gasteiger partial charge < -0.3 is 0 Å². The van der Waals surface area contributed by atoms with E-state index in [-0.39, 0.29) is 11.2 Å². The topological polar surface area (TPSA) is 46.2 Å². The van der Waals surface area contributed by atoms with Crippen molar-refractivity contribution in [3.63, 3.8) is 0 Å². The second-order valence-corrected chi connectivity index (χ2v) is 6.71. The summed E-state index contributed by atoms with van der Waals surface area (Å²) in [7, 11) is -3.05. The highest BCUT2D eigenvalue weighted by Crippen LogP contribution is 2.24. The van der Waals surface area contributed by atoms with Gasteiger partial charge in [-0.1, -0.05) is 34.6 Å². The minimum absolute atomic E-state index is 0.0147. The van der Waals surface area contributed by atoms with Crippen molar-refractivity contribution in [2.45, 2.75) is 41.0 Å². The molecule has 4 heteroatoms. The molecule has 0 aliphatic carbocycles. The van der Waals surface area contributed by atoms with Crippen molar-refractivity contribution in [1.29, 1.82) is 0 Å². The van der Waals surface area contributed by atoms with E-state index in [1.165, 1.54) is 0 Å². The lowest BCUT2D eigenvalue weighted by atomic mass is 9.81. The Balaban J connectivity index is 4.19. The van der Waals surface area contributed by atoms with Crippen molar-refractivity contribution in [2.75, 3.05) is 12.3 Å². The summed E-state index contributed by atoms with van der Waals surface area (Å²) in [5, 5.41) is 0. The van der Waals surface area contributed by atoms with E-state index in [0.29, 0.717) is 18.9 Å². The van der Waals surface area contributed by atoms with Gasteiger partial charge >= 0.3 is 0 Å². The molecule has 3 nitrogen and oxygen atoms in total. The lowest BCUT2D eigenvalue weighted by Crippen LogP contribution is -2.37. The average molecular weight is 221 g/mol. The molecule has 14 heavy (non-hydrogen) atoms. The molecule has 0 fully saturated rings. The Morgan fingerprint density at radius 3 is 2.14 bits per heavy atom. The van der Waals surface area contributed by atoms with Crippen LogP contribution in [0.2, 0.25) is 0 Å². The van der Waals surface area contributed by atoms with Gasteiger partial charge in [-0.25, -0.2) is 13.1 Å². The predicted octanol–water partition coefficient (Wildman–Crippen LogP) is 2.00. The van der Waals surface area contributed by atoms with Crippen LogP contribution in [0.5, 0.6) is 0 Å². The van der Waals surface area contributed by atoms with Gasteiger partial charge in [-0.05, 0) is 17.8 Å². The van der Waals surface area contributed by atoms with Gasteiger partial charge in [-0.2, -0.15) is 0 Å². The van der Waals surface area contributed by atoms with Crippen molar-refractivity contribution in [2.24, 2.45) is 11.3 Å². The van der Waals surface area contributed by atoms with Crippen LogP contribution in [0.1, 0.15) is 41.0 Å². The second-order valence-electron chi connectivity index (χ2n) is 4.78. The highest BCUT2D eigenvalue weighted by molar-refractivity contribution is 7.89. The van der Waals surface area contributed by atoms with Gasteiger partial charge in [-0.15, -0.1) is 0 Å². The average Bonchev–Trinajstić information content (AvgIpc) is 2.01. The predicted molar refractivity (Wildman–Crippen MR) is 60.7 cm³/mol. The van der Waals surface area contributed by atoms with Crippen LogP contribution in [-0.2, 0) is 10.0 Å². The lowest BCUT2D eigenvalue weighted by molar-refractivity contribution is 0.252. The Morgan fingerprint density at radius 2 is 1.79 bits per heavy atom. The first-order valence-electron chi connectivity index (χ1n) is 5.18. The zero-order valence-corrected chi connectivity index (χ0v) is 10.7. The minimum atomic E-state index is -3.05. The molecular formula is C10H23NO2S. The molecule has 0 rings (SSSR count). The van der Waals surface area contributed by atoms with Gasteiger partial charge in [0, 0.05) is 6.54 Å². The third-order valence-corrected chi connectivity index (χ3v) is 4.31. The molecule has 1 N–H and O–H groups in total. The second kappa shape index (κ2) is 5.12. The van der Waals surface area contributed by atoms with Crippen LogP contribution < -0.4 is 4.72 Å². The van der Waals surface area contributed by atoms with Crippen LogP contribution in [0.15, 0.2) is 0 Å². The molecule has 0 spiro atoms. The van der Waals surface area contributed by atoms with E-state index in [9.17, 15) is 8.42 Å². The normalized spacial score (nSPS) is 13.6. The Kier molecular flexibility index (Phi) is 5.09. The fraction of sp³-hybridized carbons (Fsp3) is 1.00. The zero-order valence-electron chi connectivity index (χ0n) is 9.92. The van der Waals surface area contributed by atoms with E-state index in [1.54, 1.807) is 0 Å². The zero-order chi connectivity index (χ0) is 11.4. The summed E-state index contributed by atoms with van der Waals surface area (Å²) in [6, 6.07) is 0. The highest BCUT2D eigenvalue weighted by Gasteiger charge is 2.24. The Bertz CT molecular complexity index is 255. The molecule has 0 aromatic rings.